The van der Waals surface area contributed by atoms with Crippen LogP contribution in [-0.2, 0) is 4.79 Å². The summed E-state index contributed by atoms with van der Waals surface area (Å²) in [6.07, 6.45) is 1.85. The molecule has 0 aliphatic heterocycles. The molecule has 0 amide bonds. The second-order valence-corrected chi connectivity index (χ2v) is 7.03. The molecule has 4 nitrogen and oxygen atoms in total. The van der Waals surface area contributed by atoms with Crippen LogP contribution in [0.25, 0.3) is 0 Å². The fourth-order valence-electron chi connectivity index (χ4n) is 2.92. The minimum Gasteiger partial charge on any atom is -0.492 e. The Labute approximate surface area is 160 Å². The number of hydrogen-bond acceptors (Lipinski definition) is 3. The third kappa shape index (κ3) is 7.36. The fourth-order valence-corrected chi connectivity index (χ4v) is 3.11. The molecule has 2 aromatic rings. The molecule has 2 rings (SSSR count). The zero-order valence-electron chi connectivity index (χ0n) is 15.0. The topological polar surface area (TPSA) is 58.6 Å². The first-order chi connectivity index (χ1) is 12.5. The van der Waals surface area contributed by atoms with Crippen LogP contribution < -0.4 is 10.1 Å². The van der Waals surface area contributed by atoms with Gasteiger partial charge in [0, 0.05) is 18.7 Å². The fraction of sp³-hybridized carbons (Fsp3) is 0.381. The van der Waals surface area contributed by atoms with Gasteiger partial charge in [0.05, 0.1) is 11.6 Å². The Hall–Kier alpha value is -2.20. The predicted molar refractivity (Wildman–Crippen MR) is 106 cm³/mol. The van der Waals surface area contributed by atoms with Crippen LogP contribution in [0.2, 0.25) is 5.02 Å². The summed E-state index contributed by atoms with van der Waals surface area (Å²) in [5, 5.41) is 13.1. The van der Waals surface area contributed by atoms with Crippen LogP contribution in [0.3, 0.4) is 0 Å². The SMILES string of the molecule is CC(CCOc1ccccc1Cl)CC(CNc1ccccc1)CC(=O)O. The lowest BCUT2D eigenvalue weighted by atomic mass is 9.91. The van der Waals surface area contributed by atoms with Crippen molar-refractivity contribution in [2.75, 3.05) is 18.5 Å². The summed E-state index contributed by atoms with van der Waals surface area (Å²) >= 11 is 6.08. The van der Waals surface area contributed by atoms with Gasteiger partial charge in [0.2, 0.25) is 0 Å². The quantitative estimate of drug-likeness (QED) is 0.556. The molecule has 0 spiro atoms. The van der Waals surface area contributed by atoms with Crippen molar-refractivity contribution in [3.05, 3.63) is 59.6 Å². The van der Waals surface area contributed by atoms with E-state index in [-0.39, 0.29) is 12.3 Å². The Morgan fingerprint density at radius 2 is 1.85 bits per heavy atom. The van der Waals surface area contributed by atoms with E-state index in [2.05, 4.69) is 12.2 Å². The molecule has 2 aromatic carbocycles. The standard InChI is InChI=1S/C21H26ClNO3/c1-16(11-12-26-20-10-6-5-9-19(20)22)13-17(14-21(24)25)15-23-18-7-3-2-4-8-18/h2-10,16-17,23H,11-15H2,1H3,(H,24,25). The second kappa shape index (κ2) is 10.7. The monoisotopic (exact) mass is 375 g/mol. The van der Waals surface area contributed by atoms with Crippen molar-refractivity contribution >= 4 is 23.3 Å². The average Bonchev–Trinajstić information content (AvgIpc) is 2.62. The van der Waals surface area contributed by atoms with Gasteiger partial charge in [0.1, 0.15) is 5.75 Å². The lowest BCUT2D eigenvalue weighted by Gasteiger charge is -2.21. The predicted octanol–water partition coefficient (Wildman–Crippen LogP) is 5.34. The summed E-state index contributed by atoms with van der Waals surface area (Å²) in [7, 11) is 0. The smallest absolute Gasteiger partial charge is 0.303 e. The van der Waals surface area contributed by atoms with Gasteiger partial charge >= 0.3 is 5.97 Å². The van der Waals surface area contributed by atoms with Gasteiger partial charge in [0.25, 0.3) is 0 Å². The lowest BCUT2D eigenvalue weighted by Crippen LogP contribution is -2.21. The lowest BCUT2D eigenvalue weighted by molar-refractivity contribution is -0.138. The Balaban J connectivity index is 1.78. The summed E-state index contributed by atoms with van der Waals surface area (Å²) in [4.78, 5) is 11.2. The Morgan fingerprint density at radius 1 is 1.15 bits per heavy atom. The molecule has 140 valence electrons. The third-order valence-corrected chi connectivity index (χ3v) is 4.58. The number of aliphatic carboxylic acids is 1. The largest absolute Gasteiger partial charge is 0.492 e. The highest BCUT2D eigenvalue weighted by Gasteiger charge is 2.17. The van der Waals surface area contributed by atoms with E-state index in [9.17, 15) is 9.90 Å². The van der Waals surface area contributed by atoms with Crippen LogP contribution in [0.5, 0.6) is 5.75 Å². The molecule has 0 saturated carbocycles. The molecule has 0 bridgehead atoms. The van der Waals surface area contributed by atoms with Crippen LogP contribution >= 0.6 is 11.6 Å². The molecular formula is C21H26ClNO3. The number of carboxylic acid groups (broad SMARTS) is 1. The number of hydrogen-bond donors (Lipinski definition) is 2. The molecule has 2 atom stereocenters. The number of anilines is 1. The Morgan fingerprint density at radius 3 is 2.54 bits per heavy atom. The van der Waals surface area contributed by atoms with Crippen LogP contribution in [0.1, 0.15) is 26.2 Å². The van der Waals surface area contributed by atoms with Crippen molar-refractivity contribution in [1.29, 1.82) is 0 Å². The van der Waals surface area contributed by atoms with Gasteiger partial charge in [-0.15, -0.1) is 0 Å². The van der Waals surface area contributed by atoms with E-state index in [0.29, 0.717) is 29.8 Å². The van der Waals surface area contributed by atoms with Crippen LogP contribution in [-0.4, -0.2) is 24.2 Å². The molecule has 2 N–H and O–H groups in total. The van der Waals surface area contributed by atoms with Crippen LogP contribution in [0.4, 0.5) is 5.69 Å². The van der Waals surface area contributed by atoms with Gasteiger partial charge in [-0.3, -0.25) is 4.79 Å². The summed E-state index contributed by atoms with van der Waals surface area (Å²) in [5.41, 5.74) is 1.01. The molecule has 2 unspecified atom stereocenters. The van der Waals surface area contributed by atoms with Gasteiger partial charge < -0.3 is 15.2 Å². The minimum absolute atomic E-state index is 0.0722. The molecule has 0 aliphatic carbocycles. The molecule has 0 aromatic heterocycles. The van der Waals surface area contributed by atoms with Crippen molar-refractivity contribution in [2.45, 2.75) is 26.2 Å². The number of halogens is 1. The molecule has 0 radical (unpaired) electrons. The second-order valence-electron chi connectivity index (χ2n) is 6.62. The summed E-state index contributed by atoms with van der Waals surface area (Å²) in [6, 6.07) is 17.3. The number of carbonyl (C=O) groups is 1. The number of benzene rings is 2. The average molecular weight is 376 g/mol. The maximum Gasteiger partial charge on any atom is 0.303 e. The zero-order valence-corrected chi connectivity index (χ0v) is 15.8. The number of ether oxygens (including phenoxy) is 1. The van der Waals surface area contributed by atoms with Crippen molar-refractivity contribution in [1.82, 2.24) is 0 Å². The normalized spacial score (nSPS) is 13.0. The van der Waals surface area contributed by atoms with Crippen LogP contribution in [0, 0.1) is 11.8 Å². The van der Waals surface area contributed by atoms with E-state index in [4.69, 9.17) is 16.3 Å². The molecule has 26 heavy (non-hydrogen) atoms. The minimum atomic E-state index is -0.760. The molecule has 0 saturated heterocycles. The highest BCUT2D eigenvalue weighted by molar-refractivity contribution is 6.32. The van der Waals surface area contributed by atoms with Gasteiger partial charge in [0.15, 0.2) is 0 Å². The first kappa shape index (κ1) is 20.1. The molecule has 0 fully saturated rings. The van der Waals surface area contributed by atoms with E-state index in [0.717, 1.165) is 18.5 Å². The highest BCUT2D eigenvalue weighted by atomic mass is 35.5. The van der Waals surface area contributed by atoms with E-state index in [1.54, 1.807) is 6.07 Å². The Kier molecular flexibility index (Phi) is 8.29. The number of rotatable bonds is 11. The van der Waals surface area contributed by atoms with Crippen molar-refractivity contribution < 1.29 is 14.6 Å². The van der Waals surface area contributed by atoms with Crippen LogP contribution in [0.15, 0.2) is 54.6 Å². The van der Waals surface area contributed by atoms with Gasteiger partial charge in [-0.2, -0.15) is 0 Å². The van der Waals surface area contributed by atoms with E-state index < -0.39 is 5.97 Å². The maximum absolute atomic E-state index is 11.2. The first-order valence-electron chi connectivity index (χ1n) is 8.92. The van der Waals surface area contributed by atoms with Crippen molar-refractivity contribution in [3.63, 3.8) is 0 Å². The zero-order chi connectivity index (χ0) is 18.8. The van der Waals surface area contributed by atoms with Gasteiger partial charge in [-0.25, -0.2) is 0 Å². The van der Waals surface area contributed by atoms with Gasteiger partial charge in [-0.1, -0.05) is 48.9 Å². The maximum atomic E-state index is 11.2. The van der Waals surface area contributed by atoms with E-state index >= 15 is 0 Å². The van der Waals surface area contributed by atoms with E-state index in [1.165, 1.54) is 0 Å². The van der Waals surface area contributed by atoms with Gasteiger partial charge in [-0.05, 0) is 48.9 Å². The molecule has 0 heterocycles. The number of carboxylic acids is 1. The highest BCUT2D eigenvalue weighted by Crippen LogP contribution is 2.25. The summed E-state index contributed by atoms with van der Waals surface area (Å²) in [5.74, 6) is 0.362. The van der Waals surface area contributed by atoms with E-state index in [1.807, 2.05) is 48.5 Å². The summed E-state index contributed by atoms with van der Waals surface area (Å²) in [6.45, 7) is 3.34. The number of nitrogens with one attached hydrogen (secondary N) is 1. The number of para-hydroxylation sites is 2. The summed E-state index contributed by atoms with van der Waals surface area (Å²) < 4.78 is 5.74. The molecular weight excluding hydrogens is 350 g/mol. The molecule has 0 aliphatic rings. The third-order valence-electron chi connectivity index (χ3n) is 4.27. The molecule has 5 heteroatoms. The Bertz CT molecular complexity index is 678. The first-order valence-corrected chi connectivity index (χ1v) is 9.30. The van der Waals surface area contributed by atoms with Crippen molar-refractivity contribution in [2.24, 2.45) is 11.8 Å². The van der Waals surface area contributed by atoms with Crippen molar-refractivity contribution in [3.8, 4) is 5.75 Å².